The number of nitrogens with one attached hydrogen (secondary N) is 2. The molecule has 2 saturated heterocycles. The molecule has 0 spiro atoms. The number of carbonyl (C=O) groups is 1. The summed E-state index contributed by atoms with van der Waals surface area (Å²) in [6.45, 7) is 7.94. The number of rotatable bonds is 8. The van der Waals surface area contributed by atoms with Crippen LogP contribution in [-0.4, -0.2) is 68.3 Å². The molecule has 27 heavy (non-hydrogen) atoms. The summed E-state index contributed by atoms with van der Waals surface area (Å²) in [7, 11) is 1.68. The normalized spacial score (nSPS) is 21.9. The van der Waals surface area contributed by atoms with Gasteiger partial charge in [-0.25, -0.2) is 4.79 Å². The number of hydrogen-bond donors (Lipinski definition) is 2. The number of likely N-dealkylation sites (tertiary alicyclic amines) is 2. The topological polar surface area (TPSA) is 56.8 Å². The smallest absolute Gasteiger partial charge is 0.314 e. The largest absolute Gasteiger partial charge is 0.497 e. The molecule has 2 unspecified atom stereocenters. The van der Waals surface area contributed by atoms with Crippen LogP contribution >= 0.6 is 0 Å². The first kappa shape index (κ1) is 20.0. The SMILES string of the molecule is CCN1CCCC1CNC(=O)NCC(c1ccc(OC)cc1)N1CCCC1. The van der Waals surface area contributed by atoms with Crippen molar-refractivity contribution in [3.63, 3.8) is 0 Å². The van der Waals surface area contributed by atoms with Gasteiger partial charge in [0, 0.05) is 19.1 Å². The zero-order valence-corrected chi connectivity index (χ0v) is 16.7. The van der Waals surface area contributed by atoms with Gasteiger partial charge in [-0.05, 0) is 69.6 Å². The molecule has 0 aromatic heterocycles. The van der Waals surface area contributed by atoms with Crippen LogP contribution in [0, 0.1) is 0 Å². The van der Waals surface area contributed by atoms with Crippen LogP contribution in [0.3, 0.4) is 0 Å². The molecule has 0 radical (unpaired) electrons. The fraction of sp³-hybridized carbons (Fsp3) is 0.667. The Hall–Kier alpha value is -1.79. The van der Waals surface area contributed by atoms with Gasteiger partial charge in [0.05, 0.1) is 13.2 Å². The zero-order valence-electron chi connectivity index (χ0n) is 16.7. The van der Waals surface area contributed by atoms with Crippen LogP contribution in [0.2, 0.25) is 0 Å². The Balaban J connectivity index is 1.53. The van der Waals surface area contributed by atoms with Gasteiger partial charge in [-0.15, -0.1) is 0 Å². The molecule has 150 valence electrons. The van der Waals surface area contributed by atoms with Gasteiger partial charge in [-0.1, -0.05) is 19.1 Å². The minimum absolute atomic E-state index is 0.0596. The molecule has 2 heterocycles. The molecule has 1 aromatic rings. The molecule has 2 aliphatic rings. The van der Waals surface area contributed by atoms with E-state index in [1.807, 2.05) is 12.1 Å². The third kappa shape index (κ3) is 5.36. The van der Waals surface area contributed by atoms with Gasteiger partial charge < -0.3 is 15.4 Å². The van der Waals surface area contributed by atoms with E-state index in [0.29, 0.717) is 12.6 Å². The van der Waals surface area contributed by atoms with Crippen molar-refractivity contribution in [2.45, 2.75) is 44.7 Å². The third-order valence-corrected chi connectivity index (χ3v) is 5.94. The second-order valence-electron chi connectivity index (χ2n) is 7.55. The second kappa shape index (κ2) is 9.95. The lowest BCUT2D eigenvalue weighted by atomic mass is 10.1. The lowest BCUT2D eigenvalue weighted by Crippen LogP contribution is -2.46. The Morgan fingerprint density at radius 1 is 1.15 bits per heavy atom. The highest BCUT2D eigenvalue weighted by Gasteiger charge is 2.25. The fourth-order valence-electron chi connectivity index (χ4n) is 4.34. The maximum atomic E-state index is 12.4. The van der Waals surface area contributed by atoms with Gasteiger partial charge in [0.15, 0.2) is 0 Å². The van der Waals surface area contributed by atoms with Gasteiger partial charge in [-0.3, -0.25) is 9.80 Å². The number of carbonyl (C=O) groups excluding carboxylic acids is 1. The molecule has 2 atom stereocenters. The van der Waals surface area contributed by atoms with E-state index in [-0.39, 0.29) is 12.1 Å². The number of likely N-dealkylation sites (N-methyl/N-ethyl adjacent to an activating group) is 1. The quantitative estimate of drug-likeness (QED) is 0.734. The van der Waals surface area contributed by atoms with Crippen molar-refractivity contribution in [3.8, 4) is 5.75 Å². The maximum absolute atomic E-state index is 12.4. The van der Waals surface area contributed by atoms with Gasteiger partial charge in [0.2, 0.25) is 0 Å². The van der Waals surface area contributed by atoms with Crippen molar-refractivity contribution in [2.24, 2.45) is 0 Å². The van der Waals surface area contributed by atoms with Crippen LogP contribution in [0.4, 0.5) is 4.79 Å². The van der Waals surface area contributed by atoms with E-state index in [1.165, 1.54) is 31.2 Å². The molecule has 0 bridgehead atoms. The number of benzene rings is 1. The number of amides is 2. The number of hydrogen-bond acceptors (Lipinski definition) is 4. The summed E-state index contributed by atoms with van der Waals surface area (Å²) in [5, 5.41) is 6.18. The number of urea groups is 1. The average Bonchev–Trinajstić information content (AvgIpc) is 3.39. The standard InChI is InChI=1S/C21H34N4O2/c1-3-24-14-6-7-18(24)15-22-21(26)23-16-20(25-12-4-5-13-25)17-8-10-19(27-2)11-9-17/h8-11,18,20H,3-7,12-16H2,1-2H3,(H2,22,23,26). The Bertz CT molecular complexity index is 586. The number of methoxy groups -OCH3 is 1. The molecule has 1 aromatic carbocycles. The molecule has 0 aliphatic carbocycles. The van der Waals surface area contributed by atoms with E-state index in [0.717, 1.165) is 38.5 Å². The molecular weight excluding hydrogens is 340 g/mol. The first-order chi connectivity index (χ1) is 13.2. The highest BCUT2D eigenvalue weighted by Crippen LogP contribution is 2.26. The van der Waals surface area contributed by atoms with Crippen molar-refractivity contribution in [1.82, 2.24) is 20.4 Å². The van der Waals surface area contributed by atoms with Crippen LogP contribution in [0.5, 0.6) is 5.75 Å². The Kier molecular flexibility index (Phi) is 7.35. The van der Waals surface area contributed by atoms with Crippen LogP contribution < -0.4 is 15.4 Å². The minimum atomic E-state index is -0.0596. The van der Waals surface area contributed by atoms with Gasteiger partial charge in [-0.2, -0.15) is 0 Å². The first-order valence-electron chi connectivity index (χ1n) is 10.3. The Morgan fingerprint density at radius 2 is 1.89 bits per heavy atom. The van der Waals surface area contributed by atoms with Gasteiger partial charge in [0.25, 0.3) is 0 Å². The van der Waals surface area contributed by atoms with E-state index in [2.05, 4.69) is 39.5 Å². The van der Waals surface area contributed by atoms with E-state index in [1.54, 1.807) is 7.11 Å². The van der Waals surface area contributed by atoms with Crippen molar-refractivity contribution in [3.05, 3.63) is 29.8 Å². The predicted octanol–water partition coefficient (Wildman–Crippen LogP) is 2.62. The molecule has 3 rings (SSSR count). The molecule has 2 aliphatic heterocycles. The summed E-state index contributed by atoms with van der Waals surface area (Å²) < 4.78 is 5.27. The van der Waals surface area contributed by atoms with Crippen molar-refractivity contribution in [2.75, 3.05) is 46.4 Å². The van der Waals surface area contributed by atoms with Gasteiger partial charge >= 0.3 is 6.03 Å². The number of nitrogens with zero attached hydrogens (tertiary/aromatic N) is 2. The average molecular weight is 375 g/mol. The number of ether oxygens (including phenoxy) is 1. The molecule has 2 N–H and O–H groups in total. The molecular formula is C21H34N4O2. The van der Waals surface area contributed by atoms with Crippen molar-refractivity contribution in [1.29, 1.82) is 0 Å². The van der Waals surface area contributed by atoms with Gasteiger partial charge in [0.1, 0.15) is 5.75 Å². The van der Waals surface area contributed by atoms with E-state index in [4.69, 9.17) is 4.74 Å². The summed E-state index contributed by atoms with van der Waals surface area (Å²) in [5.41, 5.74) is 1.23. The summed E-state index contributed by atoms with van der Waals surface area (Å²) in [4.78, 5) is 17.3. The van der Waals surface area contributed by atoms with E-state index >= 15 is 0 Å². The zero-order chi connectivity index (χ0) is 19.1. The predicted molar refractivity (Wildman–Crippen MR) is 108 cm³/mol. The second-order valence-corrected chi connectivity index (χ2v) is 7.55. The molecule has 2 amide bonds. The lowest BCUT2D eigenvalue weighted by molar-refractivity contribution is 0.215. The summed E-state index contributed by atoms with van der Waals surface area (Å²) in [5.74, 6) is 0.863. The van der Waals surface area contributed by atoms with E-state index in [9.17, 15) is 4.79 Å². The summed E-state index contributed by atoms with van der Waals surface area (Å²) in [6.07, 6.45) is 4.87. The van der Waals surface area contributed by atoms with Crippen LogP contribution in [0.25, 0.3) is 0 Å². The Morgan fingerprint density at radius 3 is 2.56 bits per heavy atom. The molecule has 6 nitrogen and oxygen atoms in total. The summed E-state index contributed by atoms with van der Waals surface area (Å²) >= 11 is 0. The van der Waals surface area contributed by atoms with Crippen molar-refractivity contribution < 1.29 is 9.53 Å². The summed E-state index contributed by atoms with van der Waals surface area (Å²) in [6, 6.07) is 8.85. The van der Waals surface area contributed by atoms with E-state index < -0.39 is 0 Å². The minimum Gasteiger partial charge on any atom is -0.497 e. The molecule has 2 fully saturated rings. The Labute approximate surface area is 163 Å². The third-order valence-electron chi connectivity index (χ3n) is 5.94. The lowest BCUT2D eigenvalue weighted by Gasteiger charge is -2.28. The van der Waals surface area contributed by atoms with Crippen LogP contribution in [0.15, 0.2) is 24.3 Å². The highest BCUT2D eigenvalue weighted by molar-refractivity contribution is 5.73. The monoisotopic (exact) mass is 374 g/mol. The molecule has 0 saturated carbocycles. The fourth-order valence-corrected chi connectivity index (χ4v) is 4.34. The van der Waals surface area contributed by atoms with Crippen LogP contribution in [0.1, 0.15) is 44.2 Å². The molecule has 6 heteroatoms. The first-order valence-corrected chi connectivity index (χ1v) is 10.3. The maximum Gasteiger partial charge on any atom is 0.314 e. The van der Waals surface area contributed by atoms with Crippen LogP contribution in [-0.2, 0) is 0 Å². The highest BCUT2D eigenvalue weighted by atomic mass is 16.5. The van der Waals surface area contributed by atoms with Crippen molar-refractivity contribution >= 4 is 6.03 Å².